The first kappa shape index (κ1) is 19.2. The number of hydrogen-bond donors (Lipinski definition) is 1. The Morgan fingerprint density at radius 2 is 1.93 bits per heavy atom. The average Bonchev–Trinajstić information content (AvgIpc) is 3.02. The second kappa shape index (κ2) is 8.05. The molecule has 0 saturated carbocycles. The van der Waals surface area contributed by atoms with Gasteiger partial charge in [0.25, 0.3) is 0 Å². The molecule has 0 spiro atoms. The van der Waals surface area contributed by atoms with Crippen LogP contribution in [0.5, 0.6) is 11.5 Å². The highest BCUT2D eigenvalue weighted by atomic mass is 16.5. The molecule has 3 aromatic rings. The quantitative estimate of drug-likeness (QED) is 0.644. The van der Waals surface area contributed by atoms with Crippen LogP contribution in [0.1, 0.15) is 45.1 Å². The van der Waals surface area contributed by atoms with Crippen LogP contribution in [-0.4, -0.2) is 28.0 Å². The Labute approximate surface area is 170 Å². The molecule has 5 nitrogen and oxygen atoms in total. The summed E-state index contributed by atoms with van der Waals surface area (Å²) in [5, 5.41) is 9.38. The number of carbonyl (C=O) groups is 1. The van der Waals surface area contributed by atoms with Crippen molar-refractivity contribution in [3.8, 4) is 11.5 Å². The molecule has 0 unspecified atom stereocenters. The number of pyridine rings is 1. The predicted octanol–water partition coefficient (Wildman–Crippen LogP) is 5.00. The maximum Gasteiger partial charge on any atom is 0.336 e. The fourth-order valence-electron chi connectivity index (χ4n) is 3.97. The lowest BCUT2D eigenvalue weighted by molar-refractivity contribution is 0.0695. The first-order valence-electron chi connectivity index (χ1n) is 9.75. The number of ether oxygens (including phenoxy) is 1. The molecule has 1 aliphatic heterocycles. The van der Waals surface area contributed by atoms with Gasteiger partial charge in [-0.1, -0.05) is 23.8 Å². The molecule has 0 bridgehead atoms. The van der Waals surface area contributed by atoms with Gasteiger partial charge in [-0.15, -0.1) is 0 Å². The van der Waals surface area contributed by atoms with Gasteiger partial charge in [-0.05, 0) is 73.8 Å². The number of aromatic nitrogens is 1. The van der Waals surface area contributed by atoms with Crippen LogP contribution in [-0.2, 0) is 13.0 Å². The summed E-state index contributed by atoms with van der Waals surface area (Å²) in [5.74, 6) is 0.763. The van der Waals surface area contributed by atoms with Crippen molar-refractivity contribution in [3.05, 3.63) is 88.7 Å². The number of hydrogen-bond acceptors (Lipinski definition) is 4. The Hall–Kier alpha value is -3.18. The second-order valence-corrected chi connectivity index (χ2v) is 7.58. The molecule has 2 aromatic carbocycles. The van der Waals surface area contributed by atoms with Crippen LogP contribution in [0.15, 0.2) is 60.9 Å². The van der Waals surface area contributed by atoms with E-state index in [2.05, 4.69) is 36.0 Å². The van der Waals surface area contributed by atoms with E-state index in [-0.39, 0.29) is 6.04 Å². The summed E-state index contributed by atoms with van der Waals surface area (Å²) in [5.41, 5.74) is 4.86. The Morgan fingerprint density at radius 1 is 1.17 bits per heavy atom. The minimum atomic E-state index is -0.902. The van der Waals surface area contributed by atoms with E-state index in [4.69, 9.17) is 4.74 Å². The van der Waals surface area contributed by atoms with Crippen LogP contribution in [0.3, 0.4) is 0 Å². The van der Waals surface area contributed by atoms with Gasteiger partial charge >= 0.3 is 5.97 Å². The monoisotopic (exact) mass is 388 g/mol. The minimum Gasteiger partial charge on any atom is -0.478 e. The van der Waals surface area contributed by atoms with Gasteiger partial charge in [-0.25, -0.2) is 4.79 Å². The smallest absolute Gasteiger partial charge is 0.336 e. The van der Waals surface area contributed by atoms with Crippen molar-refractivity contribution in [2.75, 3.05) is 7.05 Å². The van der Waals surface area contributed by atoms with E-state index in [0.29, 0.717) is 12.0 Å². The first-order chi connectivity index (χ1) is 14.0. The van der Waals surface area contributed by atoms with Crippen molar-refractivity contribution < 1.29 is 14.6 Å². The summed E-state index contributed by atoms with van der Waals surface area (Å²) >= 11 is 0. The van der Waals surface area contributed by atoms with Crippen LogP contribution in [0.4, 0.5) is 0 Å². The van der Waals surface area contributed by atoms with Crippen LogP contribution in [0.2, 0.25) is 0 Å². The lowest BCUT2D eigenvalue weighted by atomic mass is 9.97. The van der Waals surface area contributed by atoms with Crippen LogP contribution in [0.25, 0.3) is 0 Å². The molecule has 1 atom stereocenters. The van der Waals surface area contributed by atoms with Gasteiger partial charge in [-0.2, -0.15) is 0 Å². The van der Waals surface area contributed by atoms with Gasteiger partial charge in [0.15, 0.2) is 0 Å². The molecule has 0 aliphatic carbocycles. The number of rotatable bonds is 6. The van der Waals surface area contributed by atoms with Gasteiger partial charge in [0, 0.05) is 25.0 Å². The van der Waals surface area contributed by atoms with Crippen molar-refractivity contribution in [1.82, 2.24) is 9.88 Å². The molecule has 29 heavy (non-hydrogen) atoms. The standard InChI is InChI=1S/C24H24N2O3/c1-16-3-6-19(7-4-16)29-20-8-9-21-18(13-20)15-26(2)23(21)10-5-17-14-25-12-11-22(17)24(27)28/h3-4,6-9,11-14,23H,5,10,15H2,1-2H3,(H,27,28)/t23-/m1/s1. The number of carboxylic acid groups (broad SMARTS) is 1. The third-order valence-electron chi connectivity index (χ3n) is 5.50. The van der Waals surface area contributed by atoms with Gasteiger partial charge in [-0.3, -0.25) is 9.88 Å². The number of benzene rings is 2. The summed E-state index contributed by atoms with van der Waals surface area (Å²) in [6.07, 6.45) is 4.70. The third kappa shape index (κ3) is 4.15. The number of aryl methyl sites for hydroxylation is 2. The summed E-state index contributed by atoms with van der Waals surface area (Å²) in [6, 6.07) is 16.1. The van der Waals surface area contributed by atoms with Gasteiger partial charge in [0.1, 0.15) is 11.5 Å². The van der Waals surface area contributed by atoms with Gasteiger partial charge < -0.3 is 9.84 Å². The highest BCUT2D eigenvalue weighted by Crippen LogP contribution is 2.38. The molecule has 0 radical (unpaired) electrons. The average molecular weight is 388 g/mol. The Kier molecular flexibility index (Phi) is 5.32. The van der Waals surface area contributed by atoms with Crippen LogP contribution >= 0.6 is 0 Å². The fourth-order valence-corrected chi connectivity index (χ4v) is 3.97. The molecule has 1 aliphatic rings. The second-order valence-electron chi connectivity index (χ2n) is 7.58. The van der Waals surface area contributed by atoms with E-state index in [0.717, 1.165) is 30.0 Å². The van der Waals surface area contributed by atoms with E-state index in [1.807, 2.05) is 30.3 Å². The summed E-state index contributed by atoms with van der Waals surface area (Å²) < 4.78 is 6.01. The van der Waals surface area contributed by atoms with E-state index >= 15 is 0 Å². The van der Waals surface area contributed by atoms with Gasteiger partial charge in [0.2, 0.25) is 0 Å². The van der Waals surface area contributed by atoms with Crippen molar-refractivity contribution in [1.29, 1.82) is 0 Å². The summed E-state index contributed by atoms with van der Waals surface area (Å²) in [7, 11) is 2.10. The minimum absolute atomic E-state index is 0.250. The Morgan fingerprint density at radius 3 is 2.69 bits per heavy atom. The number of carboxylic acids is 1. The fraction of sp³-hybridized carbons (Fsp3) is 0.250. The molecule has 5 heteroatoms. The van der Waals surface area contributed by atoms with Gasteiger partial charge in [0.05, 0.1) is 5.56 Å². The normalized spacial score (nSPS) is 15.9. The number of fused-ring (bicyclic) bond motifs is 1. The van der Waals surface area contributed by atoms with Crippen LogP contribution < -0.4 is 4.74 Å². The van der Waals surface area contributed by atoms with E-state index in [1.165, 1.54) is 22.9 Å². The van der Waals surface area contributed by atoms with Crippen molar-refractivity contribution >= 4 is 5.97 Å². The van der Waals surface area contributed by atoms with Crippen molar-refractivity contribution in [2.24, 2.45) is 0 Å². The molecule has 2 heterocycles. The molecule has 1 N–H and O–H groups in total. The molecule has 0 saturated heterocycles. The first-order valence-corrected chi connectivity index (χ1v) is 9.75. The zero-order valence-electron chi connectivity index (χ0n) is 16.6. The Bertz CT molecular complexity index is 1030. The SMILES string of the molecule is Cc1ccc(Oc2ccc3c(c2)CN(C)[C@@H]3CCc2cnccc2C(=O)O)cc1. The molecular formula is C24H24N2O3. The maximum absolute atomic E-state index is 11.4. The van der Waals surface area contributed by atoms with Crippen molar-refractivity contribution in [3.63, 3.8) is 0 Å². The molecule has 0 fully saturated rings. The Balaban J connectivity index is 1.49. The highest BCUT2D eigenvalue weighted by Gasteiger charge is 2.28. The largest absolute Gasteiger partial charge is 0.478 e. The molecule has 148 valence electrons. The zero-order chi connectivity index (χ0) is 20.4. The highest BCUT2D eigenvalue weighted by molar-refractivity contribution is 5.89. The number of nitrogens with zero attached hydrogens (tertiary/aromatic N) is 2. The lowest BCUT2D eigenvalue weighted by Crippen LogP contribution is -2.17. The van der Waals surface area contributed by atoms with E-state index in [9.17, 15) is 9.90 Å². The maximum atomic E-state index is 11.4. The molecule has 0 amide bonds. The topological polar surface area (TPSA) is 62.7 Å². The summed E-state index contributed by atoms with van der Waals surface area (Å²) in [4.78, 5) is 17.8. The predicted molar refractivity (Wildman–Crippen MR) is 111 cm³/mol. The lowest BCUT2D eigenvalue weighted by Gasteiger charge is -2.20. The van der Waals surface area contributed by atoms with E-state index in [1.54, 1.807) is 12.3 Å². The van der Waals surface area contributed by atoms with Crippen molar-refractivity contribution in [2.45, 2.75) is 32.4 Å². The molecule has 1 aromatic heterocycles. The number of aromatic carboxylic acids is 1. The molecule has 4 rings (SSSR count). The summed E-state index contributed by atoms with van der Waals surface area (Å²) in [6.45, 7) is 2.91. The zero-order valence-corrected chi connectivity index (χ0v) is 16.6. The van der Waals surface area contributed by atoms with E-state index < -0.39 is 5.97 Å². The third-order valence-corrected chi connectivity index (χ3v) is 5.50. The molecular weight excluding hydrogens is 364 g/mol. The van der Waals surface area contributed by atoms with Crippen LogP contribution in [0, 0.1) is 6.92 Å².